The van der Waals surface area contributed by atoms with Gasteiger partial charge in [0.1, 0.15) is 0 Å². The molecule has 2 N–H and O–H groups in total. The smallest absolute Gasteiger partial charge is 0.170 e. The van der Waals surface area contributed by atoms with Crippen molar-refractivity contribution in [1.29, 1.82) is 0 Å². The second-order valence-electron chi connectivity index (χ2n) is 5.75. The monoisotopic (exact) mass is 315 g/mol. The highest BCUT2D eigenvalue weighted by Crippen LogP contribution is 2.37. The quantitative estimate of drug-likeness (QED) is 0.826. The van der Waals surface area contributed by atoms with Gasteiger partial charge in [-0.15, -0.1) is 0 Å². The van der Waals surface area contributed by atoms with Crippen LogP contribution in [0.2, 0.25) is 0 Å². The highest BCUT2D eigenvalue weighted by atomic mass is 32.1. The second-order valence-corrected chi connectivity index (χ2v) is 6.14. The molecule has 22 heavy (non-hydrogen) atoms. The van der Waals surface area contributed by atoms with Gasteiger partial charge in [-0.05, 0) is 50.6 Å². The number of thiocarbonyl (C=S) groups is 1. The molecule has 2 atom stereocenters. The van der Waals surface area contributed by atoms with Crippen LogP contribution in [0.3, 0.4) is 0 Å². The summed E-state index contributed by atoms with van der Waals surface area (Å²) in [5.41, 5.74) is 2.17. The van der Waals surface area contributed by atoms with Gasteiger partial charge in [0.05, 0.1) is 17.8 Å². The Bertz CT molecular complexity index is 611. The normalized spacial score (nSPS) is 21.4. The minimum Gasteiger partial charge on any atom is -0.363 e. The predicted octanol–water partition coefficient (Wildman–Crippen LogP) is 1.94. The number of pyridine rings is 1. The van der Waals surface area contributed by atoms with Crippen molar-refractivity contribution in [2.24, 2.45) is 0 Å². The Hall–Kier alpha value is -1.92. The van der Waals surface area contributed by atoms with Gasteiger partial charge >= 0.3 is 0 Å². The molecule has 6 heteroatoms. The van der Waals surface area contributed by atoms with Crippen LogP contribution >= 0.6 is 12.2 Å². The van der Waals surface area contributed by atoms with Crippen molar-refractivity contribution in [2.45, 2.75) is 12.1 Å². The molecular weight excluding hydrogens is 294 g/mol. The zero-order chi connectivity index (χ0) is 15.5. The number of aromatic nitrogens is 2. The molecule has 2 aromatic rings. The molecule has 0 bridgehead atoms. The van der Waals surface area contributed by atoms with E-state index in [1.165, 1.54) is 0 Å². The molecule has 0 spiro atoms. The van der Waals surface area contributed by atoms with E-state index in [2.05, 4.69) is 45.2 Å². The highest BCUT2D eigenvalue weighted by Gasteiger charge is 2.39. The van der Waals surface area contributed by atoms with E-state index >= 15 is 0 Å². The molecule has 1 fully saturated rings. The van der Waals surface area contributed by atoms with Gasteiger partial charge in [0.25, 0.3) is 0 Å². The third-order valence-corrected chi connectivity index (χ3v) is 4.28. The fraction of sp³-hybridized carbons (Fsp3) is 0.375. The van der Waals surface area contributed by atoms with Gasteiger partial charge in [0, 0.05) is 31.2 Å². The van der Waals surface area contributed by atoms with Crippen LogP contribution in [0.15, 0.2) is 42.7 Å². The Balaban J connectivity index is 1.92. The van der Waals surface area contributed by atoms with Crippen molar-refractivity contribution in [3.8, 4) is 0 Å². The van der Waals surface area contributed by atoms with Gasteiger partial charge in [-0.2, -0.15) is 0 Å². The van der Waals surface area contributed by atoms with E-state index in [1.807, 2.05) is 36.7 Å². The van der Waals surface area contributed by atoms with Crippen LogP contribution in [0.25, 0.3) is 0 Å². The fourth-order valence-electron chi connectivity index (χ4n) is 2.82. The summed E-state index contributed by atoms with van der Waals surface area (Å²) in [6, 6.07) is 10.3. The molecule has 1 aliphatic rings. The zero-order valence-electron chi connectivity index (χ0n) is 12.9. The van der Waals surface area contributed by atoms with Crippen LogP contribution < -0.4 is 5.32 Å². The summed E-state index contributed by atoms with van der Waals surface area (Å²) in [4.78, 5) is 12.3. The lowest BCUT2D eigenvalue weighted by atomic mass is 10.0. The van der Waals surface area contributed by atoms with E-state index in [9.17, 15) is 0 Å². The van der Waals surface area contributed by atoms with E-state index in [1.54, 1.807) is 0 Å². The number of rotatable bonds is 5. The third kappa shape index (κ3) is 2.98. The van der Waals surface area contributed by atoms with Crippen LogP contribution in [-0.2, 0) is 0 Å². The van der Waals surface area contributed by atoms with E-state index in [-0.39, 0.29) is 12.1 Å². The topological polar surface area (TPSA) is 47.2 Å². The third-order valence-electron chi connectivity index (χ3n) is 3.93. The Morgan fingerprint density at radius 1 is 1.27 bits per heavy atom. The summed E-state index contributed by atoms with van der Waals surface area (Å²) in [6.45, 7) is 1.83. The molecule has 2 aromatic heterocycles. The van der Waals surface area contributed by atoms with E-state index < -0.39 is 0 Å². The molecule has 0 radical (unpaired) electrons. The molecule has 0 aliphatic carbocycles. The minimum atomic E-state index is 0.0644. The largest absolute Gasteiger partial charge is 0.363 e. The zero-order valence-corrected chi connectivity index (χ0v) is 13.7. The standard InChI is InChI=1S/C16H21N5S/c1-20(2)10-11-21-15(13-7-5-9-18-13)14(19-16(21)22)12-6-3-4-8-17-12/h3-9,14-15,18H,10-11H2,1-2H3,(H,19,22)/t14-,15-/m1/s1. The summed E-state index contributed by atoms with van der Waals surface area (Å²) in [5, 5.41) is 4.23. The summed E-state index contributed by atoms with van der Waals surface area (Å²) < 4.78 is 0. The molecule has 116 valence electrons. The van der Waals surface area contributed by atoms with Gasteiger partial charge < -0.3 is 20.1 Å². The average Bonchev–Trinajstić information content (AvgIpc) is 3.13. The maximum absolute atomic E-state index is 5.58. The van der Waals surface area contributed by atoms with Crippen molar-refractivity contribution in [3.05, 3.63) is 54.1 Å². The molecule has 0 amide bonds. The van der Waals surface area contributed by atoms with Crippen molar-refractivity contribution in [2.75, 3.05) is 27.2 Å². The van der Waals surface area contributed by atoms with Gasteiger partial charge in [0.2, 0.25) is 0 Å². The van der Waals surface area contributed by atoms with Gasteiger partial charge in [-0.1, -0.05) is 6.07 Å². The molecule has 0 saturated carbocycles. The number of hydrogen-bond donors (Lipinski definition) is 2. The number of aromatic amines is 1. The molecule has 0 aromatic carbocycles. The van der Waals surface area contributed by atoms with Gasteiger partial charge in [-0.25, -0.2) is 0 Å². The predicted molar refractivity (Wildman–Crippen MR) is 91.5 cm³/mol. The van der Waals surface area contributed by atoms with E-state index in [0.29, 0.717) is 0 Å². The summed E-state index contributed by atoms with van der Waals surface area (Å²) >= 11 is 5.58. The van der Waals surface area contributed by atoms with Gasteiger partial charge in [-0.3, -0.25) is 4.98 Å². The van der Waals surface area contributed by atoms with Gasteiger partial charge in [0.15, 0.2) is 5.11 Å². The first-order chi connectivity index (χ1) is 10.7. The first-order valence-corrected chi connectivity index (χ1v) is 7.83. The van der Waals surface area contributed by atoms with Crippen LogP contribution in [-0.4, -0.2) is 52.1 Å². The molecule has 0 unspecified atom stereocenters. The van der Waals surface area contributed by atoms with Crippen LogP contribution in [0.5, 0.6) is 0 Å². The number of hydrogen-bond acceptors (Lipinski definition) is 3. The molecule has 5 nitrogen and oxygen atoms in total. The van der Waals surface area contributed by atoms with Crippen molar-refractivity contribution in [1.82, 2.24) is 25.1 Å². The molecule has 3 heterocycles. The Kier molecular flexibility index (Phi) is 4.40. The summed E-state index contributed by atoms with van der Waals surface area (Å²) in [5.74, 6) is 0. The Labute approximate surface area is 136 Å². The van der Waals surface area contributed by atoms with E-state index in [4.69, 9.17) is 12.2 Å². The Morgan fingerprint density at radius 3 is 2.77 bits per heavy atom. The average molecular weight is 315 g/mol. The fourth-order valence-corrected chi connectivity index (χ4v) is 3.15. The number of nitrogens with one attached hydrogen (secondary N) is 2. The lowest BCUT2D eigenvalue weighted by molar-refractivity contribution is 0.274. The molecular formula is C16H21N5S. The summed E-state index contributed by atoms with van der Waals surface area (Å²) in [6.07, 6.45) is 3.78. The van der Waals surface area contributed by atoms with E-state index in [0.717, 1.165) is 29.6 Å². The minimum absolute atomic E-state index is 0.0644. The van der Waals surface area contributed by atoms with Crippen LogP contribution in [0.4, 0.5) is 0 Å². The number of likely N-dealkylation sites (N-methyl/N-ethyl adjacent to an activating group) is 1. The first kappa shape index (κ1) is 15.0. The molecule has 1 aliphatic heterocycles. The number of H-pyrrole nitrogens is 1. The van der Waals surface area contributed by atoms with Crippen LogP contribution in [0, 0.1) is 0 Å². The maximum atomic E-state index is 5.58. The molecule has 1 saturated heterocycles. The second kappa shape index (κ2) is 6.46. The lowest BCUT2D eigenvalue weighted by Gasteiger charge is -2.28. The van der Waals surface area contributed by atoms with Crippen LogP contribution in [0.1, 0.15) is 23.5 Å². The summed E-state index contributed by atoms with van der Waals surface area (Å²) in [7, 11) is 4.15. The number of nitrogens with zero attached hydrogens (tertiary/aromatic N) is 3. The Morgan fingerprint density at radius 2 is 2.14 bits per heavy atom. The maximum Gasteiger partial charge on any atom is 0.170 e. The molecule has 3 rings (SSSR count). The van der Waals surface area contributed by atoms with Crippen molar-refractivity contribution in [3.63, 3.8) is 0 Å². The lowest BCUT2D eigenvalue weighted by Crippen LogP contribution is -2.35. The van der Waals surface area contributed by atoms with Crippen molar-refractivity contribution < 1.29 is 0 Å². The van der Waals surface area contributed by atoms with Crippen molar-refractivity contribution >= 4 is 17.3 Å². The highest BCUT2D eigenvalue weighted by molar-refractivity contribution is 7.80. The SMILES string of the molecule is CN(C)CCN1C(=S)N[C@H](c2ccccn2)[C@H]1c1ccc[nH]1. The first-order valence-electron chi connectivity index (χ1n) is 7.43.